The number of hydrogen-bond donors (Lipinski definition) is 1. The quantitative estimate of drug-likeness (QED) is 0.721. The Morgan fingerprint density at radius 3 is 2.76 bits per heavy atom. The number of benzene rings is 1. The van der Waals surface area contributed by atoms with Crippen molar-refractivity contribution in [1.82, 2.24) is 5.32 Å². The first-order valence-electron chi connectivity index (χ1n) is 6.18. The van der Waals surface area contributed by atoms with Crippen molar-refractivity contribution in [3.05, 3.63) is 34.3 Å². The van der Waals surface area contributed by atoms with Gasteiger partial charge in [0.25, 0.3) is 0 Å². The van der Waals surface area contributed by atoms with Crippen LogP contribution in [0.1, 0.15) is 24.0 Å². The number of rotatable bonds is 8. The molecule has 0 saturated heterocycles. The topological polar surface area (TPSA) is 21.3 Å². The number of ether oxygens (including phenoxy) is 1. The van der Waals surface area contributed by atoms with Gasteiger partial charge in [-0.3, -0.25) is 0 Å². The number of unbranched alkanes of at least 4 members (excludes halogenated alkanes) is 1. The summed E-state index contributed by atoms with van der Waals surface area (Å²) in [5, 5.41) is 4.18. The lowest BCUT2D eigenvalue weighted by atomic mass is 10.0. The van der Waals surface area contributed by atoms with Gasteiger partial charge in [-0.05, 0) is 56.0 Å². The molecule has 1 aromatic carbocycles. The van der Waals surface area contributed by atoms with Gasteiger partial charge in [0.05, 0.1) is 6.61 Å². The molecule has 0 amide bonds. The van der Waals surface area contributed by atoms with Crippen molar-refractivity contribution in [2.45, 2.75) is 26.2 Å². The zero-order valence-electron chi connectivity index (χ0n) is 10.8. The summed E-state index contributed by atoms with van der Waals surface area (Å²) in [6.45, 7) is 4.92. The summed E-state index contributed by atoms with van der Waals surface area (Å²) in [6.07, 6.45) is 3.54. The van der Waals surface area contributed by atoms with Gasteiger partial charge in [0.15, 0.2) is 0 Å². The number of halogens is 1. The van der Waals surface area contributed by atoms with Crippen molar-refractivity contribution in [1.29, 1.82) is 0 Å². The number of aryl methyl sites for hydroxylation is 2. The molecule has 0 spiro atoms. The summed E-state index contributed by atoms with van der Waals surface area (Å²) in [5.74, 6) is 0. The fraction of sp³-hybridized carbons (Fsp3) is 0.571. The molecule has 0 saturated carbocycles. The van der Waals surface area contributed by atoms with Crippen LogP contribution < -0.4 is 5.32 Å². The molecule has 1 rings (SSSR count). The normalized spacial score (nSPS) is 10.8. The maximum atomic E-state index is 5.93. The molecule has 2 nitrogen and oxygen atoms in total. The lowest BCUT2D eigenvalue weighted by Gasteiger charge is -2.07. The number of hydrogen-bond acceptors (Lipinski definition) is 2. The summed E-state index contributed by atoms with van der Waals surface area (Å²) in [4.78, 5) is 0. The Labute approximate surface area is 109 Å². The van der Waals surface area contributed by atoms with E-state index >= 15 is 0 Å². The zero-order chi connectivity index (χ0) is 12.5. The van der Waals surface area contributed by atoms with Crippen molar-refractivity contribution in [2.24, 2.45) is 0 Å². The van der Waals surface area contributed by atoms with E-state index in [-0.39, 0.29) is 0 Å². The third-order valence-corrected chi connectivity index (χ3v) is 3.07. The molecular weight excluding hydrogens is 234 g/mol. The van der Waals surface area contributed by atoms with E-state index in [4.69, 9.17) is 16.3 Å². The molecule has 0 radical (unpaired) electrons. The molecule has 0 atom stereocenters. The van der Waals surface area contributed by atoms with Crippen LogP contribution in [0.2, 0.25) is 5.02 Å². The minimum atomic E-state index is 0.788. The molecular formula is C14H22ClNO. The van der Waals surface area contributed by atoms with E-state index < -0.39 is 0 Å². The van der Waals surface area contributed by atoms with Crippen LogP contribution in [0.25, 0.3) is 0 Å². The van der Waals surface area contributed by atoms with Crippen molar-refractivity contribution in [3.8, 4) is 0 Å². The fourth-order valence-corrected chi connectivity index (χ4v) is 2.03. The van der Waals surface area contributed by atoms with E-state index in [0.29, 0.717) is 0 Å². The summed E-state index contributed by atoms with van der Waals surface area (Å²) in [7, 11) is 1.73. The van der Waals surface area contributed by atoms with E-state index in [1.165, 1.54) is 24.0 Å². The van der Waals surface area contributed by atoms with Gasteiger partial charge in [-0.25, -0.2) is 0 Å². The Morgan fingerprint density at radius 1 is 1.24 bits per heavy atom. The van der Waals surface area contributed by atoms with Gasteiger partial charge in [0.2, 0.25) is 0 Å². The molecule has 0 bridgehead atoms. The maximum Gasteiger partial charge on any atom is 0.0587 e. The van der Waals surface area contributed by atoms with Crippen molar-refractivity contribution in [3.63, 3.8) is 0 Å². The average Bonchev–Trinajstić information content (AvgIpc) is 2.30. The SMILES string of the molecule is COCCNCCCCc1ccc(Cl)cc1C. The highest BCUT2D eigenvalue weighted by molar-refractivity contribution is 6.30. The second-order valence-corrected chi connectivity index (χ2v) is 4.71. The maximum absolute atomic E-state index is 5.93. The van der Waals surface area contributed by atoms with Gasteiger partial charge >= 0.3 is 0 Å². The van der Waals surface area contributed by atoms with Crippen LogP contribution in [0.3, 0.4) is 0 Å². The van der Waals surface area contributed by atoms with Crippen LogP contribution in [-0.2, 0) is 11.2 Å². The van der Waals surface area contributed by atoms with Crippen LogP contribution in [0, 0.1) is 6.92 Å². The first kappa shape index (κ1) is 14.5. The third-order valence-electron chi connectivity index (χ3n) is 2.84. The molecule has 17 heavy (non-hydrogen) atoms. The average molecular weight is 256 g/mol. The van der Waals surface area contributed by atoms with Crippen molar-refractivity contribution in [2.75, 3.05) is 26.8 Å². The first-order valence-corrected chi connectivity index (χ1v) is 6.56. The van der Waals surface area contributed by atoms with Crippen LogP contribution >= 0.6 is 11.6 Å². The molecule has 0 aliphatic heterocycles. The van der Waals surface area contributed by atoms with Crippen LogP contribution in [0.5, 0.6) is 0 Å². The summed E-state index contributed by atoms with van der Waals surface area (Å²) >= 11 is 5.93. The predicted octanol–water partition coefficient (Wildman–Crippen LogP) is 3.21. The molecule has 0 aromatic heterocycles. The Morgan fingerprint density at radius 2 is 2.06 bits per heavy atom. The Kier molecular flexibility index (Phi) is 7.25. The molecule has 0 aliphatic carbocycles. The molecule has 0 heterocycles. The van der Waals surface area contributed by atoms with E-state index in [0.717, 1.165) is 31.1 Å². The largest absolute Gasteiger partial charge is 0.383 e. The van der Waals surface area contributed by atoms with E-state index in [2.05, 4.69) is 18.3 Å². The Bertz CT molecular complexity index is 328. The first-order chi connectivity index (χ1) is 8.24. The van der Waals surface area contributed by atoms with E-state index in [1.54, 1.807) is 7.11 Å². The molecule has 0 aliphatic rings. The standard InChI is InChI=1S/C14H22ClNO/c1-12-11-14(15)7-6-13(12)5-3-4-8-16-9-10-17-2/h6-7,11,16H,3-5,8-10H2,1-2H3. The van der Waals surface area contributed by atoms with Gasteiger partial charge < -0.3 is 10.1 Å². The van der Waals surface area contributed by atoms with Gasteiger partial charge in [-0.2, -0.15) is 0 Å². The van der Waals surface area contributed by atoms with Gasteiger partial charge in [0, 0.05) is 18.7 Å². The third kappa shape index (κ3) is 6.06. The minimum absolute atomic E-state index is 0.788. The summed E-state index contributed by atoms with van der Waals surface area (Å²) in [6, 6.07) is 6.14. The summed E-state index contributed by atoms with van der Waals surface area (Å²) in [5.41, 5.74) is 2.70. The molecule has 0 fully saturated rings. The monoisotopic (exact) mass is 255 g/mol. The molecule has 96 valence electrons. The van der Waals surface area contributed by atoms with Crippen molar-refractivity contribution < 1.29 is 4.74 Å². The van der Waals surface area contributed by atoms with Gasteiger partial charge in [-0.15, -0.1) is 0 Å². The lowest BCUT2D eigenvalue weighted by Crippen LogP contribution is -2.20. The van der Waals surface area contributed by atoms with Crippen LogP contribution in [-0.4, -0.2) is 26.8 Å². The highest BCUT2D eigenvalue weighted by Crippen LogP contribution is 2.16. The second kappa shape index (κ2) is 8.51. The molecule has 3 heteroatoms. The highest BCUT2D eigenvalue weighted by Gasteiger charge is 1.99. The Balaban J connectivity index is 2.14. The molecule has 1 N–H and O–H groups in total. The number of methoxy groups -OCH3 is 1. The summed E-state index contributed by atoms with van der Waals surface area (Å²) < 4.78 is 4.97. The smallest absolute Gasteiger partial charge is 0.0587 e. The van der Waals surface area contributed by atoms with Gasteiger partial charge in [0.1, 0.15) is 0 Å². The highest BCUT2D eigenvalue weighted by atomic mass is 35.5. The van der Waals surface area contributed by atoms with E-state index in [9.17, 15) is 0 Å². The Hall–Kier alpha value is -0.570. The lowest BCUT2D eigenvalue weighted by molar-refractivity contribution is 0.199. The zero-order valence-corrected chi connectivity index (χ0v) is 11.5. The predicted molar refractivity (Wildman–Crippen MR) is 73.9 cm³/mol. The fourth-order valence-electron chi connectivity index (χ4n) is 1.80. The van der Waals surface area contributed by atoms with Crippen LogP contribution in [0.15, 0.2) is 18.2 Å². The van der Waals surface area contributed by atoms with Crippen LogP contribution in [0.4, 0.5) is 0 Å². The molecule has 0 unspecified atom stereocenters. The van der Waals surface area contributed by atoms with Gasteiger partial charge in [-0.1, -0.05) is 17.7 Å². The minimum Gasteiger partial charge on any atom is -0.383 e. The van der Waals surface area contributed by atoms with Crippen molar-refractivity contribution >= 4 is 11.6 Å². The number of nitrogens with one attached hydrogen (secondary N) is 1. The van der Waals surface area contributed by atoms with E-state index in [1.807, 2.05) is 12.1 Å². The molecule has 1 aromatic rings. The second-order valence-electron chi connectivity index (χ2n) is 4.27.